The van der Waals surface area contributed by atoms with Gasteiger partial charge in [-0.2, -0.15) is 0 Å². The van der Waals surface area contributed by atoms with Crippen LogP contribution in [0.25, 0.3) is 0 Å². The number of ether oxygens (including phenoxy) is 2. The fourth-order valence-corrected chi connectivity index (χ4v) is 3.26. The van der Waals surface area contributed by atoms with Gasteiger partial charge in [0.15, 0.2) is 0 Å². The number of thioether (sulfide) groups is 1. The molecule has 0 fully saturated rings. The zero-order valence-electron chi connectivity index (χ0n) is 16.5. The summed E-state index contributed by atoms with van der Waals surface area (Å²) >= 11 is 1.64. The second-order valence-electron chi connectivity index (χ2n) is 6.11. The van der Waals surface area contributed by atoms with Crippen LogP contribution in [0.3, 0.4) is 0 Å². The Bertz CT molecular complexity index is 752. The van der Waals surface area contributed by atoms with E-state index in [2.05, 4.69) is 5.32 Å². The van der Waals surface area contributed by atoms with Crippen molar-refractivity contribution in [1.29, 1.82) is 0 Å². The molecule has 0 aliphatic rings. The van der Waals surface area contributed by atoms with Gasteiger partial charge in [0.05, 0.1) is 13.7 Å². The number of amides is 2. The van der Waals surface area contributed by atoms with Crippen LogP contribution in [-0.2, 0) is 24.4 Å². The Morgan fingerprint density at radius 1 is 1.19 bits per heavy atom. The van der Waals surface area contributed by atoms with Crippen molar-refractivity contribution in [2.75, 3.05) is 27.0 Å². The van der Waals surface area contributed by atoms with E-state index in [1.54, 1.807) is 30.8 Å². The standard InChI is InChI=1S/C21H28N2O3S/c1-5-26-15-18-9-7-6-8-17(18)13-22-21(24)23(2)14-16-10-11-20(27-4)19(12-16)25-3/h6-12H,5,13-15H2,1-4H3,(H,22,24). The molecule has 0 aliphatic heterocycles. The summed E-state index contributed by atoms with van der Waals surface area (Å²) in [4.78, 5) is 15.2. The summed E-state index contributed by atoms with van der Waals surface area (Å²) < 4.78 is 10.9. The first-order valence-electron chi connectivity index (χ1n) is 8.93. The predicted molar refractivity (Wildman–Crippen MR) is 110 cm³/mol. The first kappa shape index (κ1) is 21.1. The van der Waals surface area contributed by atoms with Crippen molar-refractivity contribution in [1.82, 2.24) is 10.2 Å². The summed E-state index contributed by atoms with van der Waals surface area (Å²) in [6, 6.07) is 13.9. The normalized spacial score (nSPS) is 10.5. The van der Waals surface area contributed by atoms with Crippen molar-refractivity contribution < 1.29 is 14.3 Å². The van der Waals surface area contributed by atoms with Gasteiger partial charge in [0.2, 0.25) is 0 Å². The third-order valence-corrected chi connectivity index (χ3v) is 5.00. The van der Waals surface area contributed by atoms with E-state index in [9.17, 15) is 4.79 Å². The third kappa shape index (κ3) is 6.19. The summed E-state index contributed by atoms with van der Waals surface area (Å²) in [7, 11) is 3.45. The number of benzene rings is 2. The number of methoxy groups -OCH3 is 1. The van der Waals surface area contributed by atoms with E-state index < -0.39 is 0 Å². The summed E-state index contributed by atoms with van der Waals surface area (Å²) in [5.74, 6) is 0.832. The molecule has 5 nitrogen and oxygen atoms in total. The smallest absolute Gasteiger partial charge is 0.317 e. The number of carbonyl (C=O) groups excluding carboxylic acids is 1. The second kappa shape index (κ2) is 10.8. The van der Waals surface area contributed by atoms with Gasteiger partial charge in [-0.15, -0.1) is 11.8 Å². The lowest BCUT2D eigenvalue weighted by atomic mass is 10.1. The van der Waals surface area contributed by atoms with Crippen LogP contribution < -0.4 is 10.1 Å². The molecule has 1 N–H and O–H groups in total. The second-order valence-corrected chi connectivity index (χ2v) is 6.96. The van der Waals surface area contributed by atoms with Gasteiger partial charge in [0, 0.05) is 31.6 Å². The molecule has 0 saturated carbocycles. The van der Waals surface area contributed by atoms with Crippen LogP contribution in [0.4, 0.5) is 4.79 Å². The largest absolute Gasteiger partial charge is 0.496 e. The molecule has 146 valence electrons. The first-order valence-corrected chi connectivity index (χ1v) is 10.2. The monoisotopic (exact) mass is 388 g/mol. The van der Waals surface area contributed by atoms with Gasteiger partial charge in [-0.3, -0.25) is 0 Å². The fraction of sp³-hybridized carbons (Fsp3) is 0.381. The summed E-state index contributed by atoms with van der Waals surface area (Å²) in [6.45, 7) is 4.18. The van der Waals surface area contributed by atoms with Gasteiger partial charge in [0.1, 0.15) is 5.75 Å². The van der Waals surface area contributed by atoms with Crippen molar-refractivity contribution in [2.24, 2.45) is 0 Å². The number of nitrogens with one attached hydrogen (secondary N) is 1. The van der Waals surface area contributed by atoms with Crippen LogP contribution in [0.15, 0.2) is 47.4 Å². The molecule has 0 saturated heterocycles. The number of hydrogen-bond acceptors (Lipinski definition) is 4. The molecule has 6 heteroatoms. The Balaban J connectivity index is 1.95. The number of carbonyl (C=O) groups is 1. The van der Waals surface area contributed by atoms with Crippen molar-refractivity contribution in [3.8, 4) is 5.75 Å². The minimum atomic E-state index is -0.117. The first-order chi connectivity index (χ1) is 13.1. The average Bonchev–Trinajstić information content (AvgIpc) is 2.70. The molecule has 2 aromatic carbocycles. The third-order valence-electron chi connectivity index (χ3n) is 4.22. The average molecular weight is 389 g/mol. The Labute approximate surface area is 166 Å². The van der Waals surface area contributed by atoms with Gasteiger partial charge < -0.3 is 19.7 Å². The van der Waals surface area contributed by atoms with Crippen LogP contribution in [0.1, 0.15) is 23.6 Å². The van der Waals surface area contributed by atoms with Gasteiger partial charge in [-0.1, -0.05) is 30.3 Å². The highest BCUT2D eigenvalue weighted by Crippen LogP contribution is 2.28. The lowest BCUT2D eigenvalue weighted by molar-refractivity contribution is 0.133. The van der Waals surface area contributed by atoms with Crippen LogP contribution >= 0.6 is 11.8 Å². The Kier molecular flexibility index (Phi) is 8.48. The zero-order chi connectivity index (χ0) is 19.6. The Morgan fingerprint density at radius 3 is 2.59 bits per heavy atom. The molecule has 0 heterocycles. The van der Waals surface area contributed by atoms with Crippen LogP contribution in [0, 0.1) is 0 Å². The molecule has 0 unspecified atom stereocenters. The molecular formula is C21H28N2O3S. The predicted octanol–water partition coefficient (Wildman–Crippen LogP) is 4.30. The summed E-state index contributed by atoms with van der Waals surface area (Å²) in [5.41, 5.74) is 3.19. The van der Waals surface area contributed by atoms with E-state index >= 15 is 0 Å². The molecule has 27 heavy (non-hydrogen) atoms. The lowest BCUT2D eigenvalue weighted by Gasteiger charge is -2.19. The minimum absolute atomic E-state index is 0.117. The Hall–Kier alpha value is -2.18. The maximum Gasteiger partial charge on any atom is 0.317 e. The maximum atomic E-state index is 12.5. The van der Waals surface area contributed by atoms with E-state index in [-0.39, 0.29) is 6.03 Å². The maximum absolute atomic E-state index is 12.5. The van der Waals surface area contributed by atoms with Crippen molar-refractivity contribution in [3.63, 3.8) is 0 Å². The molecule has 0 radical (unpaired) electrons. The highest BCUT2D eigenvalue weighted by Gasteiger charge is 2.11. The lowest BCUT2D eigenvalue weighted by Crippen LogP contribution is -2.36. The molecule has 2 amide bonds. The number of nitrogens with zero attached hydrogens (tertiary/aromatic N) is 1. The highest BCUT2D eigenvalue weighted by atomic mass is 32.2. The molecule has 0 aliphatic carbocycles. The molecule has 0 aromatic heterocycles. The van der Waals surface area contributed by atoms with E-state index in [1.165, 1.54) is 0 Å². The van der Waals surface area contributed by atoms with Crippen molar-refractivity contribution in [2.45, 2.75) is 31.5 Å². The Morgan fingerprint density at radius 2 is 1.93 bits per heavy atom. The van der Waals surface area contributed by atoms with Crippen LogP contribution in [-0.4, -0.2) is 38.0 Å². The molecular weight excluding hydrogens is 360 g/mol. The van der Waals surface area contributed by atoms with Gasteiger partial charge in [0.25, 0.3) is 0 Å². The van der Waals surface area contributed by atoms with Gasteiger partial charge >= 0.3 is 6.03 Å². The molecule has 2 aromatic rings. The molecule has 0 atom stereocenters. The fourth-order valence-electron chi connectivity index (χ4n) is 2.71. The summed E-state index contributed by atoms with van der Waals surface area (Å²) in [6.07, 6.45) is 2.01. The van der Waals surface area contributed by atoms with Gasteiger partial charge in [-0.05, 0) is 42.0 Å². The minimum Gasteiger partial charge on any atom is -0.496 e. The van der Waals surface area contributed by atoms with Gasteiger partial charge in [-0.25, -0.2) is 4.79 Å². The summed E-state index contributed by atoms with van der Waals surface area (Å²) in [5, 5.41) is 2.98. The number of urea groups is 1. The zero-order valence-corrected chi connectivity index (χ0v) is 17.3. The van der Waals surface area contributed by atoms with E-state index in [0.717, 1.165) is 27.3 Å². The van der Waals surface area contributed by atoms with E-state index in [0.29, 0.717) is 26.3 Å². The van der Waals surface area contributed by atoms with Crippen LogP contribution in [0.2, 0.25) is 0 Å². The van der Waals surface area contributed by atoms with Crippen LogP contribution in [0.5, 0.6) is 5.75 Å². The number of hydrogen-bond donors (Lipinski definition) is 1. The molecule has 0 bridgehead atoms. The number of rotatable bonds is 9. The van der Waals surface area contributed by atoms with E-state index in [4.69, 9.17) is 9.47 Å². The van der Waals surface area contributed by atoms with E-state index in [1.807, 2.05) is 55.6 Å². The van der Waals surface area contributed by atoms with Crippen molar-refractivity contribution >= 4 is 17.8 Å². The SMILES string of the molecule is CCOCc1ccccc1CNC(=O)N(C)Cc1ccc(SC)c(OC)c1. The topological polar surface area (TPSA) is 50.8 Å². The molecule has 2 rings (SSSR count). The quantitative estimate of drug-likeness (QED) is 0.651. The molecule has 0 spiro atoms. The van der Waals surface area contributed by atoms with Crippen molar-refractivity contribution in [3.05, 3.63) is 59.2 Å². The highest BCUT2D eigenvalue weighted by molar-refractivity contribution is 7.98.